The lowest BCUT2D eigenvalue weighted by Gasteiger charge is -2.24. The first-order valence-electron chi connectivity index (χ1n) is 8.73. The number of anilines is 1. The van der Waals surface area contributed by atoms with Crippen molar-refractivity contribution in [2.75, 3.05) is 25.5 Å². The minimum absolute atomic E-state index is 0.00233. The number of nitrogens with one attached hydrogen (secondary N) is 1. The monoisotopic (exact) mass is 391 g/mol. The molecule has 2 amide bonds. The Balaban J connectivity index is 2.14. The van der Waals surface area contributed by atoms with Gasteiger partial charge in [-0.1, -0.05) is 30.3 Å². The molecular formula is C20H23F2N3O3. The van der Waals surface area contributed by atoms with Crippen LogP contribution in [0.4, 0.5) is 14.5 Å². The summed E-state index contributed by atoms with van der Waals surface area (Å²) in [5, 5.41) is 2.42. The lowest BCUT2D eigenvalue weighted by atomic mass is 10.1. The molecular weight excluding hydrogens is 368 g/mol. The van der Waals surface area contributed by atoms with Gasteiger partial charge in [-0.2, -0.15) is 0 Å². The first-order valence-corrected chi connectivity index (χ1v) is 8.73. The Morgan fingerprint density at radius 3 is 2.36 bits per heavy atom. The molecule has 8 heteroatoms. The van der Waals surface area contributed by atoms with E-state index in [0.717, 1.165) is 0 Å². The molecule has 0 aromatic heterocycles. The molecule has 1 unspecified atom stereocenters. The molecule has 6 nitrogen and oxygen atoms in total. The molecule has 0 saturated heterocycles. The predicted octanol–water partition coefficient (Wildman–Crippen LogP) is 2.30. The maximum Gasteiger partial charge on any atom is 0.244 e. The quantitative estimate of drug-likeness (QED) is 0.687. The number of carbonyl (C=O) groups excluding carboxylic acids is 2. The molecule has 3 N–H and O–H groups in total. The number of nitrogens with zero attached hydrogens (tertiary/aromatic N) is 1. The Labute approximate surface area is 162 Å². The molecule has 0 heterocycles. The number of methoxy groups -OCH3 is 1. The molecule has 1 atom stereocenters. The van der Waals surface area contributed by atoms with E-state index in [1.165, 1.54) is 48.4 Å². The summed E-state index contributed by atoms with van der Waals surface area (Å²) in [6, 6.07) is 11.7. The summed E-state index contributed by atoms with van der Waals surface area (Å²) in [5.74, 6) is -2.11. The summed E-state index contributed by atoms with van der Waals surface area (Å²) < 4.78 is 32.9. The second kappa shape index (κ2) is 10.5. The van der Waals surface area contributed by atoms with Crippen molar-refractivity contribution in [2.24, 2.45) is 5.73 Å². The maximum absolute atomic E-state index is 14.0. The van der Waals surface area contributed by atoms with Gasteiger partial charge in [0.05, 0.1) is 18.2 Å². The zero-order valence-electron chi connectivity index (χ0n) is 15.5. The van der Waals surface area contributed by atoms with E-state index in [9.17, 15) is 18.4 Å². The first-order chi connectivity index (χ1) is 13.4. The maximum atomic E-state index is 14.0. The predicted molar refractivity (Wildman–Crippen MR) is 101 cm³/mol. The van der Waals surface area contributed by atoms with E-state index in [4.69, 9.17) is 10.5 Å². The van der Waals surface area contributed by atoms with Crippen molar-refractivity contribution in [2.45, 2.75) is 19.1 Å². The average molecular weight is 391 g/mol. The summed E-state index contributed by atoms with van der Waals surface area (Å²) >= 11 is 0. The van der Waals surface area contributed by atoms with Crippen LogP contribution in [0.3, 0.4) is 0 Å². The molecule has 0 saturated carbocycles. The van der Waals surface area contributed by atoms with Gasteiger partial charge in [0.2, 0.25) is 11.8 Å². The van der Waals surface area contributed by atoms with E-state index in [2.05, 4.69) is 5.32 Å². The normalized spacial score (nSPS) is 11.7. The van der Waals surface area contributed by atoms with Crippen LogP contribution in [-0.4, -0.2) is 43.0 Å². The molecule has 0 aliphatic heterocycles. The number of benzene rings is 2. The SMILES string of the molecule is COC(CN)CC(=O)N(CC(=O)Nc1ccccc1F)Cc1ccccc1F. The van der Waals surface area contributed by atoms with Crippen molar-refractivity contribution in [1.82, 2.24) is 4.90 Å². The van der Waals surface area contributed by atoms with Gasteiger partial charge in [0.15, 0.2) is 0 Å². The van der Waals surface area contributed by atoms with Crippen LogP contribution in [0.1, 0.15) is 12.0 Å². The lowest BCUT2D eigenvalue weighted by Crippen LogP contribution is -2.40. The number of rotatable bonds is 9. The Bertz CT molecular complexity index is 813. The first kappa shape index (κ1) is 21.5. The Hall–Kier alpha value is -2.84. The van der Waals surface area contributed by atoms with Crippen molar-refractivity contribution in [1.29, 1.82) is 0 Å². The van der Waals surface area contributed by atoms with E-state index in [0.29, 0.717) is 0 Å². The van der Waals surface area contributed by atoms with Crippen molar-refractivity contribution < 1.29 is 23.1 Å². The van der Waals surface area contributed by atoms with Crippen LogP contribution in [0.2, 0.25) is 0 Å². The number of amides is 2. The van der Waals surface area contributed by atoms with Gasteiger partial charge in [0.25, 0.3) is 0 Å². The van der Waals surface area contributed by atoms with E-state index < -0.39 is 29.6 Å². The molecule has 2 aromatic carbocycles. The summed E-state index contributed by atoms with van der Waals surface area (Å²) in [6.07, 6.45) is -0.584. The van der Waals surface area contributed by atoms with Gasteiger partial charge in [0.1, 0.15) is 18.2 Å². The van der Waals surface area contributed by atoms with Gasteiger partial charge in [-0.05, 0) is 18.2 Å². The van der Waals surface area contributed by atoms with Crippen molar-refractivity contribution in [3.8, 4) is 0 Å². The van der Waals surface area contributed by atoms with Gasteiger partial charge in [-0.15, -0.1) is 0 Å². The van der Waals surface area contributed by atoms with E-state index in [-0.39, 0.29) is 37.3 Å². The zero-order valence-corrected chi connectivity index (χ0v) is 15.5. The van der Waals surface area contributed by atoms with Crippen LogP contribution in [-0.2, 0) is 20.9 Å². The third-order valence-corrected chi connectivity index (χ3v) is 4.15. The van der Waals surface area contributed by atoms with Crippen LogP contribution >= 0.6 is 0 Å². The fourth-order valence-electron chi connectivity index (χ4n) is 2.58. The summed E-state index contributed by atoms with van der Waals surface area (Å²) in [5.41, 5.74) is 5.81. The van der Waals surface area contributed by atoms with E-state index >= 15 is 0 Å². The lowest BCUT2D eigenvalue weighted by molar-refractivity contribution is -0.137. The van der Waals surface area contributed by atoms with Gasteiger partial charge >= 0.3 is 0 Å². The highest BCUT2D eigenvalue weighted by Gasteiger charge is 2.22. The third kappa shape index (κ3) is 6.11. The molecule has 0 spiro atoms. The van der Waals surface area contributed by atoms with Crippen LogP contribution < -0.4 is 11.1 Å². The van der Waals surface area contributed by atoms with Crippen LogP contribution in [0, 0.1) is 11.6 Å². The van der Waals surface area contributed by atoms with Crippen LogP contribution in [0.15, 0.2) is 48.5 Å². The number of hydrogen-bond acceptors (Lipinski definition) is 4. The van der Waals surface area contributed by atoms with Gasteiger partial charge in [-0.3, -0.25) is 9.59 Å². The Morgan fingerprint density at radius 1 is 1.11 bits per heavy atom. The molecule has 0 bridgehead atoms. The number of halogens is 2. The number of nitrogens with two attached hydrogens (primary N) is 1. The van der Waals surface area contributed by atoms with Gasteiger partial charge in [0, 0.05) is 25.8 Å². The van der Waals surface area contributed by atoms with Crippen molar-refractivity contribution >= 4 is 17.5 Å². The molecule has 2 rings (SSSR count). The largest absolute Gasteiger partial charge is 0.380 e. The average Bonchev–Trinajstić information content (AvgIpc) is 2.68. The van der Waals surface area contributed by atoms with Crippen molar-refractivity contribution in [3.05, 3.63) is 65.7 Å². The topological polar surface area (TPSA) is 84.7 Å². The second-order valence-electron chi connectivity index (χ2n) is 6.17. The number of ether oxygens (including phenoxy) is 1. The van der Waals surface area contributed by atoms with Crippen LogP contribution in [0.25, 0.3) is 0 Å². The fourth-order valence-corrected chi connectivity index (χ4v) is 2.58. The molecule has 0 aliphatic rings. The highest BCUT2D eigenvalue weighted by atomic mass is 19.1. The van der Waals surface area contributed by atoms with Gasteiger partial charge in [-0.25, -0.2) is 8.78 Å². The van der Waals surface area contributed by atoms with Crippen molar-refractivity contribution in [3.63, 3.8) is 0 Å². The number of para-hydroxylation sites is 1. The zero-order chi connectivity index (χ0) is 20.5. The molecule has 0 fully saturated rings. The molecule has 28 heavy (non-hydrogen) atoms. The fraction of sp³-hybridized carbons (Fsp3) is 0.300. The Kier molecular flexibility index (Phi) is 8.03. The minimum Gasteiger partial charge on any atom is -0.380 e. The summed E-state index contributed by atoms with van der Waals surface area (Å²) in [6.45, 7) is -0.364. The number of carbonyl (C=O) groups is 2. The van der Waals surface area contributed by atoms with E-state index in [1.807, 2.05) is 0 Å². The molecule has 0 radical (unpaired) electrons. The number of hydrogen-bond donors (Lipinski definition) is 2. The Morgan fingerprint density at radius 2 is 1.75 bits per heavy atom. The molecule has 0 aliphatic carbocycles. The van der Waals surface area contributed by atoms with Gasteiger partial charge < -0.3 is 20.7 Å². The molecule has 2 aromatic rings. The highest BCUT2D eigenvalue weighted by molar-refractivity contribution is 5.94. The second-order valence-corrected chi connectivity index (χ2v) is 6.17. The van der Waals surface area contributed by atoms with E-state index in [1.54, 1.807) is 12.1 Å². The van der Waals surface area contributed by atoms with Crippen LogP contribution in [0.5, 0.6) is 0 Å². The third-order valence-electron chi connectivity index (χ3n) is 4.15. The summed E-state index contributed by atoms with van der Waals surface area (Å²) in [7, 11) is 1.43. The minimum atomic E-state index is -0.600. The standard InChI is InChI=1S/C20H23F2N3O3/c1-28-15(11-23)10-20(27)25(12-14-6-2-3-7-16(14)21)13-19(26)24-18-9-5-4-8-17(18)22/h2-9,15H,10-13,23H2,1H3,(H,24,26). The smallest absolute Gasteiger partial charge is 0.244 e. The molecule has 150 valence electrons. The highest BCUT2D eigenvalue weighted by Crippen LogP contribution is 2.15. The summed E-state index contributed by atoms with van der Waals surface area (Å²) in [4.78, 5) is 26.2.